The van der Waals surface area contributed by atoms with Gasteiger partial charge in [-0.25, -0.2) is 14.5 Å². The second-order valence-electron chi connectivity index (χ2n) is 5.84. The Labute approximate surface area is 154 Å². The molecule has 6 aromatic heterocycles. The van der Waals surface area contributed by atoms with E-state index >= 15 is 0 Å². The molecule has 6 aromatic rings. The summed E-state index contributed by atoms with van der Waals surface area (Å²) < 4.78 is 4.25. The average molecular weight is 373 g/mol. The van der Waals surface area contributed by atoms with Gasteiger partial charge in [0, 0.05) is 39.4 Å². The first-order chi connectivity index (χ1) is 12.9. The van der Waals surface area contributed by atoms with Crippen molar-refractivity contribution in [3.8, 4) is 5.95 Å². The zero-order valence-electron chi connectivity index (χ0n) is 13.2. The third kappa shape index (κ3) is 1.97. The monoisotopic (exact) mass is 373 g/mol. The van der Waals surface area contributed by atoms with Crippen molar-refractivity contribution in [2.45, 2.75) is 0 Å². The van der Waals surface area contributed by atoms with Gasteiger partial charge in [-0.1, -0.05) is 21.3 Å². The van der Waals surface area contributed by atoms with Crippen LogP contribution in [0.25, 0.3) is 46.6 Å². The SMILES string of the molecule is c1cc2sc3nc(-[n+]4ccc5c(c4)sc4ncncc45)ncc3c2cn1. The highest BCUT2D eigenvalue weighted by atomic mass is 32.1. The molecular formula is C18H9N6S2+. The number of pyridine rings is 2. The highest BCUT2D eigenvalue weighted by molar-refractivity contribution is 7.25. The normalized spacial score (nSPS) is 11.8. The van der Waals surface area contributed by atoms with Crippen molar-refractivity contribution in [2.24, 2.45) is 0 Å². The lowest BCUT2D eigenvalue weighted by atomic mass is 10.2. The summed E-state index contributed by atoms with van der Waals surface area (Å²) in [5.41, 5.74) is 0. The van der Waals surface area contributed by atoms with Gasteiger partial charge in [-0.2, -0.15) is 0 Å². The fourth-order valence-corrected chi connectivity index (χ4v) is 5.16. The summed E-state index contributed by atoms with van der Waals surface area (Å²) in [4.78, 5) is 24.0. The average Bonchev–Trinajstić information content (AvgIpc) is 3.24. The van der Waals surface area contributed by atoms with E-state index in [1.165, 1.54) is 4.70 Å². The molecule has 6 heterocycles. The lowest BCUT2D eigenvalue weighted by Gasteiger charge is -1.96. The van der Waals surface area contributed by atoms with Gasteiger partial charge in [0.2, 0.25) is 4.83 Å². The third-order valence-corrected chi connectivity index (χ3v) is 6.49. The summed E-state index contributed by atoms with van der Waals surface area (Å²) in [6.45, 7) is 0. The minimum atomic E-state index is 0.655. The van der Waals surface area contributed by atoms with E-state index < -0.39 is 0 Å². The van der Waals surface area contributed by atoms with Crippen LogP contribution in [0.3, 0.4) is 0 Å². The van der Waals surface area contributed by atoms with E-state index in [4.69, 9.17) is 4.98 Å². The highest BCUT2D eigenvalue weighted by Gasteiger charge is 2.17. The Morgan fingerprint density at radius 1 is 0.769 bits per heavy atom. The molecule has 0 saturated heterocycles. The number of thiophene rings is 2. The molecule has 0 atom stereocenters. The molecule has 0 spiro atoms. The molecule has 0 saturated carbocycles. The maximum atomic E-state index is 4.76. The standard InChI is InChI=1S/C18H9N6S2/c1-3-19-5-11-13-7-21-18(23-17(13)25-14(1)11)24-4-2-10-12-6-20-9-22-16(12)26-15(10)8-24/h1-9H/q+1. The molecular weight excluding hydrogens is 364 g/mol. The van der Waals surface area contributed by atoms with Crippen molar-refractivity contribution >= 4 is 63.3 Å². The Balaban J connectivity index is 1.57. The van der Waals surface area contributed by atoms with Gasteiger partial charge in [-0.15, -0.1) is 11.3 Å². The van der Waals surface area contributed by atoms with Crippen LogP contribution in [0.15, 0.2) is 55.6 Å². The first-order valence-electron chi connectivity index (χ1n) is 7.90. The van der Waals surface area contributed by atoms with E-state index in [1.807, 2.05) is 35.4 Å². The predicted octanol–water partition coefficient (Wildman–Crippen LogP) is 3.67. The molecule has 0 fully saturated rings. The minimum Gasteiger partial charge on any atom is -0.264 e. The molecule has 6 nitrogen and oxygen atoms in total. The Morgan fingerprint density at radius 2 is 1.65 bits per heavy atom. The molecule has 0 N–H and O–H groups in total. The third-order valence-electron chi connectivity index (χ3n) is 4.35. The molecule has 6 rings (SSSR count). The van der Waals surface area contributed by atoms with Crippen LogP contribution >= 0.6 is 22.7 Å². The first-order valence-corrected chi connectivity index (χ1v) is 9.53. The number of hydrogen-bond donors (Lipinski definition) is 0. The van der Waals surface area contributed by atoms with E-state index in [-0.39, 0.29) is 0 Å². The van der Waals surface area contributed by atoms with Gasteiger partial charge in [0.1, 0.15) is 17.4 Å². The van der Waals surface area contributed by atoms with Gasteiger partial charge in [0.25, 0.3) is 0 Å². The molecule has 0 radical (unpaired) electrons. The first kappa shape index (κ1) is 14.1. The van der Waals surface area contributed by atoms with Crippen LogP contribution in [0.2, 0.25) is 0 Å². The second-order valence-corrected chi connectivity index (χ2v) is 7.90. The number of rotatable bonds is 1. The summed E-state index contributed by atoms with van der Waals surface area (Å²) in [6.07, 6.45) is 13.0. The van der Waals surface area contributed by atoms with Gasteiger partial charge in [-0.05, 0) is 12.1 Å². The largest absolute Gasteiger partial charge is 0.438 e. The van der Waals surface area contributed by atoms with Gasteiger partial charge < -0.3 is 0 Å². The van der Waals surface area contributed by atoms with E-state index in [0.717, 1.165) is 35.9 Å². The number of hydrogen-bond acceptors (Lipinski definition) is 7. The van der Waals surface area contributed by atoms with Crippen molar-refractivity contribution in [3.63, 3.8) is 0 Å². The van der Waals surface area contributed by atoms with Gasteiger partial charge in [-0.3, -0.25) is 4.98 Å². The van der Waals surface area contributed by atoms with E-state index in [2.05, 4.69) is 32.2 Å². The summed E-state index contributed by atoms with van der Waals surface area (Å²) in [5.74, 6) is 0.655. The Hall–Kier alpha value is -3.10. The summed E-state index contributed by atoms with van der Waals surface area (Å²) in [7, 11) is 0. The van der Waals surface area contributed by atoms with Gasteiger partial charge in [0.15, 0.2) is 0 Å². The second kappa shape index (κ2) is 5.20. The van der Waals surface area contributed by atoms with Crippen LogP contribution < -0.4 is 4.57 Å². The smallest absolute Gasteiger partial charge is 0.264 e. The number of aromatic nitrogens is 6. The summed E-state index contributed by atoms with van der Waals surface area (Å²) in [6, 6.07) is 4.08. The molecule has 8 heteroatoms. The quantitative estimate of drug-likeness (QED) is 0.411. The van der Waals surface area contributed by atoms with Gasteiger partial charge in [0.05, 0.1) is 22.5 Å². The van der Waals surface area contributed by atoms with Crippen LogP contribution in [0, 0.1) is 0 Å². The zero-order valence-corrected chi connectivity index (χ0v) is 14.8. The molecule has 0 bridgehead atoms. The fraction of sp³-hybridized carbons (Fsp3) is 0. The van der Waals surface area contributed by atoms with Crippen molar-refractivity contribution < 1.29 is 4.57 Å². The maximum absolute atomic E-state index is 4.76. The molecule has 0 aliphatic heterocycles. The van der Waals surface area contributed by atoms with Crippen LogP contribution in [0.1, 0.15) is 0 Å². The van der Waals surface area contributed by atoms with E-state index in [9.17, 15) is 0 Å². The molecule has 0 aliphatic carbocycles. The summed E-state index contributed by atoms with van der Waals surface area (Å²) >= 11 is 3.30. The van der Waals surface area contributed by atoms with Crippen molar-refractivity contribution in [1.82, 2.24) is 24.9 Å². The summed E-state index contributed by atoms with van der Waals surface area (Å²) in [5, 5.41) is 4.37. The molecule has 26 heavy (non-hydrogen) atoms. The molecule has 0 aliphatic rings. The van der Waals surface area contributed by atoms with Crippen LogP contribution in [-0.2, 0) is 0 Å². The number of nitrogens with zero attached hydrogens (tertiary/aromatic N) is 6. The maximum Gasteiger partial charge on any atom is 0.438 e. The minimum absolute atomic E-state index is 0.655. The Morgan fingerprint density at radius 3 is 2.65 bits per heavy atom. The van der Waals surface area contributed by atoms with E-state index in [0.29, 0.717) is 5.95 Å². The van der Waals surface area contributed by atoms with Crippen molar-refractivity contribution in [1.29, 1.82) is 0 Å². The Bertz CT molecular complexity index is 1340. The van der Waals surface area contributed by atoms with Crippen LogP contribution in [0.4, 0.5) is 0 Å². The predicted molar refractivity (Wildman–Crippen MR) is 103 cm³/mol. The lowest BCUT2D eigenvalue weighted by molar-refractivity contribution is -0.601. The van der Waals surface area contributed by atoms with Crippen LogP contribution in [-0.4, -0.2) is 24.9 Å². The van der Waals surface area contributed by atoms with Crippen molar-refractivity contribution in [2.75, 3.05) is 0 Å². The van der Waals surface area contributed by atoms with E-state index in [1.54, 1.807) is 35.2 Å². The number of fused-ring (bicyclic) bond motifs is 6. The van der Waals surface area contributed by atoms with Crippen LogP contribution in [0.5, 0.6) is 0 Å². The Kier molecular flexibility index (Phi) is 2.82. The van der Waals surface area contributed by atoms with Gasteiger partial charge >= 0.3 is 5.95 Å². The molecule has 122 valence electrons. The van der Waals surface area contributed by atoms with Crippen molar-refractivity contribution in [3.05, 3.63) is 55.6 Å². The molecule has 0 unspecified atom stereocenters. The molecule has 0 aromatic carbocycles. The topological polar surface area (TPSA) is 68.3 Å². The fourth-order valence-electron chi connectivity index (χ4n) is 3.11. The lowest BCUT2D eigenvalue weighted by Crippen LogP contribution is -2.31. The highest BCUT2D eigenvalue weighted by Crippen LogP contribution is 2.32. The zero-order chi connectivity index (χ0) is 17.1. The molecule has 0 amide bonds.